The molecule has 3 rings (SSSR count). The number of thioether (sulfide) groups is 1. The maximum absolute atomic E-state index is 13.6. The fraction of sp³-hybridized carbons (Fsp3) is 0.375. The first-order valence-electron chi connectivity index (χ1n) is 10.4. The molecule has 0 bridgehead atoms. The SMILES string of the molecule is O=C(CN1CCN(C/C=C/c2ccccc2)CC1)NCCSCc1ccccc1F. The van der Waals surface area contributed by atoms with Gasteiger partial charge >= 0.3 is 0 Å². The number of carbonyl (C=O) groups is 1. The number of benzene rings is 2. The summed E-state index contributed by atoms with van der Waals surface area (Å²) in [6, 6.07) is 17.2. The minimum atomic E-state index is -0.163. The Morgan fingerprint density at radius 2 is 1.70 bits per heavy atom. The number of hydrogen-bond donors (Lipinski definition) is 1. The molecule has 1 aliphatic heterocycles. The van der Waals surface area contributed by atoms with E-state index in [-0.39, 0.29) is 11.7 Å². The lowest BCUT2D eigenvalue weighted by Crippen LogP contribution is -2.49. The maximum atomic E-state index is 13.6. The normalized spacial score (nSPS) is 15.5. The van der Waals surface area contributed by atoms with Crippen LogP contribution in [-0.4, -0.2) is 67.3 Å². The number of hydrogen-bond acceptors (Lipinski definition) is 4. The number of halogens is 1. The summed E-state index contributed by atoms with van der Waals surface area (Å²) in [6.07, 6.45) is 4.36. The van der Waals surface area contributed by atoms with E-state index in [2.05, 4.69) is 39.4 Å². The van der Waals surface area contributed by atoms with Gasteiger partial charge in [0.1, 0.15) is 5.82 Å². The van der Waals surface area contributed by atoms with Crippen molar-refractivity contribution >= 4 is 23.7 Å². The van der Waals surface area contributed by atoms with Crippen molar-refractivity contribution in [1.29, 1.82) is 0 Å². The lowest BCUT2D eigenvalue weighted by atomic mass is 10.2. The molecule has 160 valence electrons. The van der Waals surface area contributed by atoms with Crippen LogP contribution in [-0.2, 0) is 10.5 Å². The van der Waals surface area contributed by atoms with Crippen molar-refractivity contribution in [3.63, 3.8) is 0 Å². The van der Waals surface area contributed by atoms with Gasteiger partial charge in [-0.05, 0) is 17.2 Å². The number of rotatable bonds is 10. The zero-order valence-electron chi connectivity index (χ0n) is 17.3. The highest BCUT2D eigenvalue weighted by Gasteiger charge is 2.17. The molecule has 0 atom stereocenters. The molecule has 0 saturated carbocycles. The van der Waals surface area contributed by atoms with Gasteiger partial charge in [0.05, 0.1) is 6.54 Å². The van der Waals surface area contributed by atoms with E-state index in [0.29, 0.717) is 24.4 Å². The van der Waals surface area contributed by atoms with Gasteiger partial charge in [0, 0.05) is 50.8 Å². The molecule has 2 aromatic rings. The van der Waals surface area contributed by atoms with E-state index in [1.807, 2.05) is 24.3 Å². The molecule has 4 nitrogen and oxygen atoms in total. The van der Waals surface area contributed by atoms with Gasteiger partial charge in [0.2, 0.25) is 5.91 Å². The van der Waals surface area contributed by atoms with Gasteiger partial charge in [0.15, 0.2) is 0 Å². The van der Waals surface area contributed by atoms with Gasteiger partial charge in [-0.15, -0.1) is 0 Å². The number of nitrogens with one attached hydrogen (secondary N) is 1. The van der Waals surface area contributed by atoms with E-state index in [9.17, 15) is 9.18 Å². The molecule has 1 aliphatic rings. The number of piperazine rings is 1. The zero-order valence-corrected chi connectivity index (χ0v) is 18.1. The van der Waals surface area contributed by atoms with E-state index in [4.69, 9.17) is 0 Å². The summed E-state index contributed by atoms with van der Waals surface area (Å²) in [6.45, 7) is 5.78. The third kappa shape index (κ3) is 7.94. The van der Waals surface area contributed by atoms with Crippen LogP contribution in [0.2, 0.25) is 0 Å². The molecular formula is C24H30FN3OS. The summed E-state index contributed by atoms with van der Waals surface area (Å²) in [4.78, 5) is 16.8. The van der Waals surface area contributed by atoms with E-state index in [1.165, 1.54) is 11.6 Å². The Labute approximate surface area is 183 Å². The largest absolute Gasteiger partial charge is 0.354 e. The van der Waals surface area contributed by atoms with Crippen LogP contribution in [0, 0.1) is 5.82 Å². The van der Waals surface area contributed by atoms with Crippen LogP contribution >= 0.6 is 11.8 Å². The number of nitrogens with zero attached hydrogens (tertiary/aromatic N) is 2. The average Bonchev–Trinajstić information content (AvgIpc) is 2.77. The maximum Gasteiger partial charge on any atom is 0.234 e. The lowest BCUT2D eigenvalue weighted by Gasteiger charge is -2.33. The molecule has 1 heterocycles. The van der Waals surface area contributed by atoms with Crippen LogP contribution in [0.3, 0.4) is 0 Å². The molecule has 30 heavy (non-hydrogen) atoms. The van der Waals surface area contributed by atoms with Crippen molar-refractivity contribution in [2.24, 2.45) is 0 Å². The van der Waals surface area contributed by atoms with Gasteiger partial charge in [-0.1, -0.05) is 60.7 Å². The van der Waals surface area contributed by atoms with Gasteiger partial charge in [-0.2, -0.15) is 11.8 Å². The second-order valence-electron chi connectivity index (χ2n) is 7.38. The summed E-state index contributed by atoms with van der Waals surface area (Å²) in [5.41, 5.74) is 1.94. The number of carbonyl (C=O) groups excluding carboxylic acids is 1. The standard InChI is InChI=1S/C24H30FN3OS/c25-23-11-5-4-10-22(23)20-30-18-12-26-24(29)19-28-16-14-27(15-17-28)13-6-9-21-7-2-1-3-8-21/h1-11H,12-20H2,(H,26,29)/b9-6+. The number of amides is 1. The second kappa shape index (κ2) is 12.5. The van der Waals surface area contributed by atoms with Crippen molar-refractivity contribution < 1.29 is 9.18 Å². The van der Waals surface area contributed by atoms with Crippen molar-refractivity contribution in [2.75, 3.05) is 51.6 Å². The van der Waals surface area contributed by atoms with E-state index >= 15 is 0 Å². The Kier molecular flexibility index (Phi) is 9.41. The molecule has 1 fully saturated rings. The molecule has 0 radical (unpaired) electrons. The van der Waals surface area contributed by atoms with Gasteiger partial charge < -0.3 is 5.32 Å². The molecule has 0 aromatic heterocycles. The van der Waals surface area contributed by atoms with Crippen molar-refractivity contribution in [3.8, 4) is 0 Å². The molecule has 0 spiro atoms. The highest BCUT2D eigenvalue weighted by molar-refractivity contribution is 7.98. The van der Waals surface area contributed by atoms with Crippen LogP contribution in [0.4, 0.5) is 4.39 Å². The van der Waals surface area contributed by atoms with Gasteiger partial charge in [-0.25, -0.2) is 4.39 Å². The Morgan fingerprint density at radius 1 is 1.00 bits per heavy atom. The van der Waals surface area contributed by atoms with Crippen molar-refractivity contribution in [2.45, 2.75) is 5.75 Å². The molecule has 6 heteroatoms. The summed E-state index contributed by atoms with van der Waals surface area (Å²) in [5, 5.41) is 2.97. The average molecular weight is 428 g/mol. The minimum absolute atomic E-state index is 0.0684. The van der Waals surface area contributed by atoms with Crippen LogP contribution in [0.15, 0.2) is 60.7 Å². The fourth-order valence-corrected chi connectivity index (χ4v) is 4.20. The smallest absolute Gasteiger partial charge is 0.234 e. The first-order valence-corrected chi connectivity index (χ1v) is 11.6. The van der Waals surface area contributed by atoms with E-state index in [1.54, 1.807) is 23.9 Å². The molecule has 0 aliphatic carbocycles. The molecule has 0 unspecified atom stereocenters. The van der Waals surface area contributed by atoms with Crippen molar-refractivity contribution in [3.05, 3.63) is 77.6 Å². The molecule has 1 N–H and O–H groups in total. The summed E-state index contributed by atoms with van der Waals surface area (Å²) in [5.74, 6) is 1.31. The Bertz CT molecular complexity index is 807. The van der Waals surface area contributed by atoms with Crippen molar-refractivity contribution in [1.82, 2.24) is 15.1 Å². The topological polar surface area (TPSA) is 35.6 Å². The molecule has 2 aromatic carbocycles. The molecule has 1 amide bonds. The Morgan fingerprint density at radius 3 is 2.47 bits per heavy atom. The predicted octanol–water partition coefficient (Wildman–Crippen LogP) is 3.51. The minimum Gasteiger partial charge on any atom is -0.354 e. The van der Waals surface area contributed by atoms with Crippen LogP contribution in [0.1, 0.15) is 11.1 Å². The quantitative estimate of drug-likeness (QED) is 0.589. The highest BCUT2D eigenvalue weighted by Crippen LogP contribution is 2.14. The Balaban J connectivity index is 1.24. The first-order chi connectivity index (χ1) is 14.7. The predicted molar refractivity (Wildman–Crippen MR) is 124 cm³/mol. The van der Waals surface area contributed by atoms with Gasteiger partial charge in [0.25, 0.3) is 0 Å². The highest BCUT2D eigenvalue weighted by atomic mass is 32.2. The fourth-order valence-electron chi connectivity index (χ4n) is 3.35. The molecule has 1 saturated heterocycles. The second-order valence-corrected chi connectivity index (χ2v) is 8.49. The first kappa shape index (κ1) is 22.5. The van der Waals surface area contributed by atoms with E-state index < -0.39 is 0 Å². The van der Waals surface area contributed by atoms with Gasteiger partial charge in [-0.3, -0.25) is 14.6 Å². The lowest BCUT2D eigenvalue weighted by molar-refractivity contribution is -0.122. The summed E-state index contributed by atoms with van der Waals surface area (Å²) in [7, 11) is 0. The summed E-state index contributed by atoms with van der Waals surface area (Å²) < 4.78 is 13.6. The van der Waals surface area contributed by atoms with Crippen LogP contribution in [0.25, 0.3) is 6.08 Å². The van der Waals surface area contributed by atoms with Crippen LogP contribution in [0.5, 0.6) is 0 Å². The summed E-state index contributed by atoms with van der Waals surface area (Å²) >= 11 is 1.63. The van der Waals surface area contributed by atoms with Crippen LogP contribution < -0.4 is 5.32 Å². The monoisotopic (exact) mass is 427 g/mol. The third-order valence-electron chi connectivity index (χ3n) is 5.09. The molecular weight excluding hydrogens is 397 g/mol. The third-order valence-corrected chi connectivity index (χ3v) is 6.10. The van der Waals surface area contributed by atoms with E-state index in [0.717, 1.165) is 38.5 Å². The Hall–Kier alpha value is -2.15. The zero-order chi connectivity index (χ0) is 21.0.